The molecule has 0 radical (unpaired) electrons. The van der Waals surface area contributed by atoms with Crippen LogP contribution in [0.2, 0.25) is 0 Å². The minimum Gasteiger partial charge on any atom is -0.507 e. The fraction of sp³-hybridized carbons (Fsp3) is 0.151. The van der Waals surface area contributed by atoms with Crippen LogP contribution in [-0.4, -0.2) is 24.6 Å². The molecule has 0 aliphatic carbocycles. The van der Waals surface area contributed by atoms with Crippen molar-refractivity contribution in [3.8, 4) is 67.6 Å². The second kappa shape index (κ2) is 14.3. The predicted molar refractivity (Wildman–Crippen MR) is 240 cm³/mol. The fourth-order valence-electron chi connectivity index (χ4n) is 7.83. The molecule has 0 unspecified atom stereocenters. The molecule has 284 valence electrons. The van der Waals surface area contributed by atoms with Gasteiger partial charge in [-0.05, 0) is 99.8 Å². The van der Waals surface area contributed by atoms with Crippen LogP contribution in [0.3, 0.4) is 0 Å². The maximum absolute atomic E-state index is 11.0. The molecule has 0 fully saturated rings. The molecule has 4 heterocycles. The smallest absolute Gasteiger partial charge is 0.124 e. The Balaban J connectivity index is 1.15. The quantitative estimate of drug-likeness (QED) is 0.184. The highest BCUT2D eigenvalue weighted by Crippen LogP contribution is 2.39. The Morgan fingerprint density at radius 1 is 0.431 bits per heavy atom. The zero-order chi connectivity index (χ0) is 40.2. The lowest BCUT2D eigenvalue weighted by molar-refractivity contribution is 0.477. The van der Waals surface area contributed by atoms with Crippen LogP contribution >= 0.6 is 0 Å². The van der Waals surface area contributed by atoms with E-state index in [9.17, 15) is 5.11 Å². The molecule has 1 N–H and O–H groups in total. The van der Waals surface area contributed by atoms with E-state index in [-0.39, 0.29) is 16.6 Å². The van der Waals surface area contributed by atoms with Crippen molar-refractivity contribution in [2.75, 3.05) is 0 Å². The second-order valence-corrected chi connectivity index (χ2v) is 17.2. The summed E-state index contributed by atoms with van der Waals surface area (Å²) in [6.07, 6.45) is 3.68. The van der Waals surface area contributed by atoms with Gasteiger partial charge in [-0.2, -0.15) is 0 Å². The summed E-state index contributed by atoms with van der Waals surface area (Å²) in [4.78, 5) is 14.7. The summed E-state index contributed by atoms with van der Waals surface area (Å²) in [6.45, 7) is 13.6. The van der Waals surface area contributed by atoms with E-state index >= 15 is 0 Å². The number of para-hydroxylation sites is 2. The molecule has 0 amide bonds. The number of aromatic nitrogens is 4. The number of phenols is 1. The molecule has 0 saturated carbocycles. The fourth-order valence-corrected chi connectivity index (χ4v) is 7.83. The van der Waals surface area contributed by atoms with Gasteiger partial charge in [-0.3, -0.25) is 4.98 Å². The average Bonchev–Trinajstić information content (AvgIpc) is 3.57. The van der Waals surface area contributed by atoms with Crippen LogP contribution in [0, 0.1) is 0 Å². The Hall–Kier alpha value is -6.85. The molecule has 4 aromatic heterocycles. The first-order valence-electron chi connectivity index (χ1n) is 19.9. The van der Waals surface area contributed by atoms with E-state index in [1.165, 1.54) is 21.9 Å². The summed E-state index contributed by atoms with van der Waals surface area (Å²) >= 11 is 0. The summed E-state index contributed by atoms with van der Waals surface area (Å²) in [5.74, 6) is 0.200. The Labute approximate surface area is 340 Å². The van der Waals surface area contributed by atoms with Crippen molar-refractivity contribution in [1.82, 2.24) is 19.5 Å². The van der Waals surface area contributed by atoms with Crippen molar-refractivity contribution in [3.05, 3.63) is 175 Å². The van der Waals surface area contributed by atoms with Gasteiger partial charge in [-0.1, -0.05) is 126 Å². The van der Waals surface area contributed by atoms with Crippen LogP contribution in [0.25, 0.3) is 83.6 Å². The third kappa shape index (κ3) is 6.94. The molecule has 0 bridgehead atoms. The minimum absolute atomic E-state index is 0.0357. The molecule has 5 heteroatoms. The Kier molecular flexibility index (Phi) is 9.04. The van der Waals surface area contributed by atoms with E-state index < -0.39 is 0 Å². The Bertz CT molecular complexity index is 2950. The lowest BCUT2D eigenvalue weighted by Crippen LogP contribution is -2.16. The highest BCUT2D eigenvalue weighted by molar-refractivity contribution is 6.10. The maximum Gasteiger partial charge on any atom is 0.124 e. The number of benzene rings is 5. The van der Waals surface area contributed by atoms with Crippen LogP contribution in [0.1, 0.15) is 52.7 Å². The number of phenolic OH excluding ortho intramolecular Hbond substituents is 1. The van der Waals surface area contributed by atoms with Crippen molar-refractivity contribution < 1.29 is 5.11 Å². The molecule has 9 aromatic rings. The van der Waals surface area contributed by atoms with E-state index in [0.29, 0.717) is 11.3 Å². The average molecular weight is 755 g/mol. The van der Waals surface area contributed by atoms with Gasteiger partial charge in [-0.15, -0.1) is 0 Å². The maximum atomic E-state index is 11.0. The van der Waals surface area contributed by atoms with Crippen LogP contribution in [0.4, 0.5) is 0 Å². The molecule has 0 atom stereocenters. The largest absolute Gasteiger partial charge is 0.507 e. The molecule has 0 saturated heterocycles. The number of pyridine rings is 3. The van der Waals surface area contributed by atoms with Crippen molar-refractivity contribution in [3.63, 3.8) is 0 Å². The van der Waals surface area contributed by atoms with Gasteiger partial charge in [0.15, 0.2) is 0 Å². The van der Waals surface area contributed by atoms with Crippen molar-refractivity contribution in [1.29, 1.82) is 0 Å². The van der Waals surface area contributed by atoms with Gasteiger partial charge in [0, 0.05) is 51.1 Å². The van der Waals surface area contributed by atoms with E-state index in [0.717, 1.165) is 61.6 Å². The van der Waals surface area contributed by atoms with E-state index in [1.54, 1.807) is 6.07 Å². The number of aromatic hydroxyl groups is 1. The van der Waals surface area contributed by atoms with E-state index in [1.807, 2.05) is 42.7 Å². The molecular weight excluding hydrogens is 709 g/mol. The summed E-state index contributed by atoms with van der Waals surface area (Å²) in [5.41, 5.74) is 15.0. The molecule has 9 rings (SSSR count). The van der Waals surface area contributed by atoms with Gasteiger partial charge in [0.1, 0.15) is 5.75 Å². The molecule has 0 spiro atoms. The summed E-state index contributed by atoms with van der Waals surface area (Å²) in [6, 6.07) is 52.6. The van der Waals surface area contributed by atoms with Crippen LogP contribution in [0.15, 0.2) is 164 Å². The highest BCUT2D eigenvalue weighted by Gasteiger charge is 2.22. The number of nitrogens with zero attached hydrogens (tertiary/aromatic N) is 4. The summed E-state index contributed by atoms with van der Waals surface area (Å²) in [5, 5.41) is 13.4. The first kappa shape index (κ1) is 36.8. The highest BCUT2D eigenvalue weighted by atomic mass is 16.3. The van der Waals surface area contributed by atoms with Crippen molar-refractivity contribution >= 4 is 21.8 Å². The summed E-state index contributed by atoms with van der Waals surface area (Å²) in [7, 11) is 0. The topological polar surface area (TPSA) is 63.8 Å². The van der Waals surface area contributed by atoms with E-state index in [4.69, 9.17) is 9.97 Å². The third-order valence-electron chi connectivity index (χ3n) is 11.1. The molecule has 0 aliphatic heterocycles. The predicted octanol–water partition coefficient (Wildman–Crippen LogP) is 13.6. The zero-order valence-electron chi connectivity index (χ0n) is 33.8. The minimum atomic E-state index is -0.0357. The number of fused-ring (bicyclic) bond motifs is 3. The van der Waals surface area contributed by atoms with Crippen molar-refractivity contribution in [2.24, 2.45) is 0 Å². The van der Waals surface area contributed by atoms with Gasteiger partial charge in [-0.25, -0.2) is 9.97 Å². The van der Waals surface area contributed by atoms with Gasteiger partial charge in [0.05, 0.1) is 33.8 Å². The molecule has 5 aromatic carbocycles. The second-order valence-electron chi connectivity index (χ2n) is 17.2. The third-order valence-corrected chi connectivity index (χ3v) is 11.1. The zero-order valence-corrected chi connectivity index (χ0v) is 33.8. The van der Waals surface area contributed by atoms with Crippen molar-refractivity contribution in [2.45, 2.75) is 52.4 Å². The molecular formula is C53H46N4O. The number of hydrogen-bond acceptors (Lipinski definition) is 4. The lowest BCUT2D eigenvalue weighted by Gasteiger charge is -2.26. The Morgan fingerprint density at radius 2 is 1.00 bits per heavy atom. The number of hydrogen-bond donors (Lipinski definition) is 1. The van der Waals surface area contributed by atoms with Gasteiger partial charge in [0.2, 0.25) is 0 Å². The van der Waals surface area contributed by atoms with Crippen LogP contribution < -0.4 is 0 Å². The number of rotatable bonds is 6. The van der Waals surface area contributed by atoms with E-state index in [2.05, 4.69) is 166 Å². The lowest BCUT2D eigenvalue weighted by atomic mass is 9.79. The van der Waals surface area contributed by atoms with Crippen LogP contribution in [-0.2, 0) is 10.8 Å². The normalized spacial score (nSPS) is 12.0. The standard InChI is InChI=1S/C53H46N4O/c1-52(2,3)39-28-37(29-40(33-39)53(4,5)6)38-30-47(56-48(31-38)44-16-8-10-20-51(44)58)35-14-11-13-34(27-35)45-17-12-18-46(55-45)36-21-22-43-42-15-7-9-19-49(42)57(50(43)32-36)41-23-25-54-26-24-41/h7-33,58H,1-6H3. The first-order chi connectivity index (χ1) is 27.9. The van der Waals surface area contributed by atoms with Gasteiger partial charge >= 0.3 is 0 Å². The van der Waals surface area contributed by atoms with Gasteiger partial charge in [0.25, 0.3) is 0 Å². The Morgan fingerprint density at radius 3 is 1.71 bits per heavy atom. The van der Waals surface area contributed by atoms with Gasteiger partial charge < -0.3 is 9.67 Å². The molecule has 0 aliphatic rings. The summed E-state index contributed by atoms with van der Waals surface area (Å²) < 4.78 is 2.30. The SMILES string of the molecule is CC(C)(C)c1cc(-c2cc(-c3cccc(-c4cccc(-c5ccc6c7ccccc7n(-c7ccncc7)c6c5)n4)c3)nc(-c3ccccc3O)c2)cc(C(C)(C)C)c1. The molecule has 5 nitrogen and oxygen atoms in total. The van der Waals surface area contributed by atoms with Crippen LogP contribution in [0.5, 0.6) is 5.75 Å². The monoisotopic (exact) mass is 754 g/mol. The first-order valence-corrected chi connectivity index (χ1v) is 19.9. The molecule has 58 heavy (non-hydrogen) atoms.